The zero-order valence-corrected chi connectivity index (χ0v) is 17.2. The highest BCUT2D eigenvalue weighted by atomic mass is 16.5. The van der Waals surface area contributed by atoms with Crippen molar-refractivity contribution in [3.05, 3.63) is 47.3 Å². The Bertz CT molecular complexity index is 1170. The Morgan fingerprint density at radius 1 is 1.33 bits per heavy atom. The summed E-state index contributed by atoms with van der Waals surface area (Å²) in [5, 5.41) is 20.8. The lowest BCUT2D eigenvalue weighted by Crippen LogP contribution is -2.20. The van der Waals surface area contributed by atoms with Crippen LogP contribution < -0.4 is 10.6 Å². The summed E-state index contributed by atoms with van der Waals surface area (Å²) in [5.74, 6) is 1.16. The fourth-order valence-electron chi connectivity index (χ4n) is 4.10. The number of fused-ring (bicyclic) bond motifs is 2. The Morgan fingerprint density at radius 3 is 3.00 bits per heavy atom. The lowest BCUT2D eigenvalue weighted by Gasteiger charge is -2.20. The Kier molecular flexibility index (Phi) is 4.22. The largest absolute Gasteiger partial charge is 0.383 e. The highest BCUT2D eigenvalue weighted by Crippen LogP contribution is 2.41. The summed E-state index contributed by atoms with van der Waals surface area (Å²) in [4.78, 5) is 9.03. The topological polar surface area (TPSA) is 101 Å². The van der Waals surface area contributed by atoms with Crippen molar-refractivity contribution in [3.63, 3.8) is 0 Å². The minimum atomic E-state index is -0.0423. The van der Waals surface area contributed by atoms with Gasteiger partial charge in [-0.1, -0.05) is 13.8 Å². The van der Waals surface area contributed by atoms with Crippen LogP contribution in [0.5, 0.6) is 0 Å². The fourth-order valence-corrected chi connectivity index (χ4v) is 4.10. The monoisotopic (exact) mass is 401 g/mol. The molecule has 8 nitrogen and oxygen atoms in total. The number of hydrogen-bond acceptors (Lipinski definition) is 7. The first kappa shape index (κ1) is 18.6. The molecule has 0 aliphatic carbocycles. The summed E-state index contributed by atoms with van der Waals surface area (Å²) in [6.07, 6.45) is 1.73. The molecule has 2 aliphatic heterocycles. The Balaban J connectivity index is 1.48. The first-order chi connectivity index (χ1) is 14.4. The van der Waals surface area contributed by atoms with Crippen LogP contribution in [0.1, 0.15) is 43.7 Å². The first-order valence-corrected chi connectivity index (χ1v) is 10.1. The molecule has 8 heteroatoms. The van der Waals surface area contributed by atoms with Gasteiger partial charge in [0.1, 0.15) is 6.07 Å². The maximum Gasteiger partial charge on any atom is 0.228 e. The summed E-state index contributed by atoms with van der Waals surface area (Å²) in [6.45, 7) is 8.57. The number of aromatic nitrogens is 4. The Labute approximate surface area is 174 Å². The van der Waals surface area contributed by atoms with Crippen LogP contribution in [0.3, 0.4) is 0 Å². The molecule has 0 saturated heterocycles. The predicted molar refractivity (Wildman–Crippen MR) is 114 cm³/mol. The standard InChI is InChI=1S/C22H23N7O/c1-13-18-10-19(28-29(18)6-7-30-13)27-21-24-5-4-17(26-21)14-8-15(11-23)20-16(9-14)22(2,3)12-25-20/h4-5,8-10,13,25H,6-7,12H2,1-3H3,(H,24,26,27,28). The summed E-state index contributed by atoms with van der Waals surface area (Å²) in [6, 6.07) is 10.1. The number of nitriles is 1. The lowest BCUT2D eigenvalue weighted by atomic mass is 9.85. The second-order valence-corrected chi connectivity index (χ2v) is 8.38. The van der Waals surface area contributed by atoms with Crippen LogP contribution in [0.2, 0.25) is 0 Å². The van der Waals surface area contributed by atoms with Gasteiger partial charge in [0.05, 0.1) is 41.9 Å². The van der Waals surface area contributed by atoms with Crippen LogP contribution >= 0.6 is 0 Å². The van der Waals surface area contributed by atoms with E-state index in [1.54, 1.807) is 6.20 Å². The molecule has 0 radical (unpaired) electrons. The maximum absolute atomic E-state index is 9.64. The van der Waals surface area contributed by atoms with Gasteiger partial charge in [-0.3, -0.25) is 4.68 Å². The Morgan fingerprint density at radius 2 is 2.20 bits per heavy atom. The molecule has 0 bridgehead atoms. The van der Waals surface area contributed by atoms with Crippen LogP contribution in [0.4, 0.5) is 17.5 Å². The maximum atomic E-state index is 9.64. The molecule has 1 atom stereocenters. The average molecular weight is 401 g/mol. The molecule has 4 heterocycles. The van der Waals surface area contributed by atoms with Gasteiger partial charge in [0.2, 0.25) is 5.95 Å². The van der Waals surface area contributed by atoms with Gasteiger partial charge in [-0.2, -0.15) is 10.4 Å². The van der Waals surface area contributed by atoms with Crippen LogP contribution in [0.25, 0.3) is 11.3 Å². The third kappa shape index (κ3) is 3.08. The first-order valence-electron chi connectivity index (χ1n) is 10.1. The average Bonchev–Trinajstić information content (AvgIpc) is 3.29. The normalized spacial score (nSPS) is 18.8. The van der Waals surface area contributed by atoms with Crippen molar-refractivity contribution in [2.24, 2.45) is 0 Å². The van der Waals surface area contributed by atoms with Gasteiger partial charge in [0.25, 0.3) is 0 Å². The number of benzene rings is 1. The van der Waals surface area contributed by atoms with E-state index in [9.17, 15) is 5.26 Å². The van der Waals surface area contributed by atoms with E-state index < -0.39 is 0 Å². The predicted octanol–water partition coefficient (Wildman–Crippen LogP) is 3.75. The van der Waals surface area contributed by atoms with Crippen LogP contribution in [0, 0.1) is 11.3 Å². The van der Waals surface area contributed by atoms with Crippen molar-refractivity contribution >= 4 is 17.5 Å². The molecular formula is C22H23N7O. The van der Waals surface area contributed by atoms with Gasteiger partial charge < -0.3 is 15.4 Å². The van der Waals surface area contributed by atoms with Crippen molar-refractivity contribution in [1.29, 1.82) is 5.26 Å². The summed E-state index contributed by atoms with van der Waals surface area (Å²) >= 11 is 0. The molecule has 2 N–H and O–H groups in total. The van der Waals surface area contributed by atoms with Gasteiger partial charge >= 0.3 is 0 Å². The molecule has 0 fully saturated rings. The van der Waals surface area contributed by atoms with Crippen molar-refractivity contribution < 1.29 is 4.74 Å². The van der Waals surface area contributed by atoms with Gasteiger partial charge in [-0.05, 0) is 30.7 Å². The third-order valence-corrected chi connectivity index (χ3v) is 5.78. The number of rotatable bonds is 3. The van der Waals surface area contributed by atoms with E-state index in [-0.39, 0.29) is 11.5 Å². The molecule has 2 aliphatic rings. The number of nitrogens with zero attached hydrogens (tertiary/aromatic N) is 5. The quantitative estimate of drug-likeness (QED) is 0.689. The third-order valence-electron chi connectivity index (χ3n) is 5.78. The lowest BCUT2D eigenvalue weighted by molar-refractivity contribution is 0.0289. The fraction of sp³-hybridized carbons (Fsp3) is 0.364. The highest BCUT2D eigenvalue weighted by Gasteiger charge is 2.32. The van der Waals surface area contributed by atoms with E-state index in [2.05, 4.69) is 51.7 Å². The van der Waals surface area contributed by atoms with Crippen LogP contribution in [-0.2, 0) is 16.7 Å². The minimum Gasteiger partial charge on any atom is -0.383 e. The molecule has 3 aromatic rings. The van der Waals surface area contributed by atoms with Crippen LogP contribution in [0.15, 0.2) is 30.5 Å². The molecule has 1 unspecified atom stereocenters. The van der Waals surface area contributed by atoms with E-state index in [4.69, 9.17) is 4.74 Å². The molecule has 152 valence electrons. The van der Waals surface area contributed by atoms with Crippen molar-refractivity contribution in [2.75, 3.05) is 23.8 Å². The number of anilines is 3. The van der Waals surface area contributed by atoms with Crippen molar-refractivity contribution in [3.8, 4) is 17.3 Å². The molecule has 0 saturated carbocycles. The van der Waals surface area contributed by atoms with Gasteiger partial charge in [0.15, 0.2) is 5.82 Å². The van der Waals surface area contributed by atoms with E-state index >= 15 is 0 Å². The molecule has 1 aromatic carbocycles. The number of hydrogen-bond donors (Lipinski definition) is 2. The smallest absolute Gasteiger partial charge is 0.228 e. The van der Waals surface area contributed by atoms with Crippen molar-refractivity contribution in [1.82, 2.24) is 19.7 Å². The molecule has 2 aromatic heterocycles. The van der Waals surface area contributed by atoms with Crippen molar-refractivity contribution in [2.45, 2.75) is 38.8 Å². The van der Waals surface area contributed by atoms with E-state index in [0.717, 1.165) is 41.3 Å². The van der Waals surface area contributed by atoms with Gasteiger partial charge in [-0.25, -0.2) is 9.97 Å². The highest BCUT2D eigenvalue weighted by molar-refractivity contribution is 5.76. The second-order valence-electron chi connectivity index (χ2n) is 8.38. The van der Waals surface area contributed by atoms with E-state index in [0.29, 0.717) is 23.9 Å². The summed E-state index contributed by atoms with van der Waals surface area (Å²) in [7, 11) is 0. The molecule has 0 amide bonds. The minimum absolute atomic E-state index is 0.0156. The zero-order valence-electron chi connectivity index (χ0n) is 17.2. The molecule has 0 spiro atoms. The van der Waals surface area contributed by atoms with Gasteiger partial charge in [-0.15, -0.1) is 0 Å². The SMILES string of the molecule is CC1OCCn2nc(Nc3nccc(-c4cc(C#N)c5c(c4)C(C)(C)CN5)n3)cc21. The number of ether oxygens (including phenoxy) is 1. The van der Waals surface area contributed by atoms with Crippen LogP contribution in [-0.4, -0.2) is 32.9 Å². The molecule has 5 rings (SSSR count). The summed E-state index contributed by atoms with van der Waals surface area (Å²) in [5.41, 5.74) is 5.36. The van der Waals surface area contributed by atoms with Gasteiger partial charge in [0, 0.05) is 29.8 Å². The summed E-state index contributed by atoms with van der Waals surface area (Å²) < 4.78 is 7.62. The number of nitrogens with one attached hydrogen (secondary N) is 2. The zero-order chi connectivity index (χ0) is 20.9. The van der Waals surface area contributed by atoms with E-state index in [1.807, 2.05) is 29.8 Å². The van der Waals surface area contributed by atoms with E-state index in [1.165, 1.54) is 0 Å². The molecule has 30 heavy (non-hydrogen) atoms. The second kappa shape index (κ2) is 6.82. The Hall–Kier alpha value is -3.44. The molecular weight excluding hydrogens is 378 g/mol.